The second kappa shape index (κ2) is 7.39. The van der Waals surface area contributed by atoms with Gasteiger partial charge in [0.05, 0.1) is 18.8 Å². The van der Waals surface area contributed by atoms with Gasteiger partial charge in [0.15, 0.2) is 18.0 Å². The molecule has 3 rings (SSSR count). The molecule has 0 spiro atoms. The molecule has 128 valence electrons. The Kier molecular flexibility index (Phi) is 5.50. The molecule has 1 fully saturated rings. The van der Waals surface area contributed by atoms with E-state index in [1.165, 1.54) is 4.90 Å². The molecule has 2 atom stereocenters. The predicted molar refractivity (Wildman–Crippen MR) is 84.3 cm³/mol. The summed E-state index contributed by atoms with van der Waals surface area (Å²) in [6, 6.07) is 5.15. The van der Waals surface area contributed by atoms with Crippen molar-refractivity contribution >= 4 is 30.1 Å². The number of aliphatic hydroxyl groups is 1. The fourth-order valence-electron chi connectivity index (χ4n) is 2.29. The van der Waals surface area contributed by atoms with Gasteiger partial charge in [0.2, 0.25) is 0 Å². The lowest BCUT2D eigenvalue weighted by atomic mass is 10.1. The molecule has 0 saturated carbocycles. The van der Waals surface area contributed by atoms with Crippen molar-refractivity contribution in [2.75, 3.05) is 18.1 Å². The van der Waals surface area contributed by atoms with Crippen molar-refractivity contribution < 1.29 is 24.5 Å². The van der Waals surface area contributed by atoms with Crippen molar-refractivity contribution in [3.05, 3.63) is 36.8 Å². The molecule has 9 nitrogen and oxygen atoms in total. The number of pyridine rings is 1. The average molecular weight is 355 g/mol. The number of halogens is 1. The number of rotatable bonds is 4. The lowest BCUT2D eigenvalue weighted by molar-refractivity contribution is -0.163. The average Bonchev–Trinajstić information content (AvgIpc) is 3.05. The van der Waals surface area contributed by atoms with Gasteiger partial charge in [-0.3, -0.25) is 14.7 Å². The molecule has 2 N–H and O–H groups in total. The zero-order valence-corrected chi connectivity index (χ0v) is 13.2. The Morgan fingerprint density at radius 3 is 2.71 bits per heavy atom. The van der Waals surface area contributed by atoms with E-state index < -0.39 is 24.1 Å². The minimum atomic E-state index is -1.91. The van der Waals surface area contributed by atoms with E-state index in [2.05, 4.69) is 10.1 Å². The third-order valence-corrected chi connectivity index (χ3v) is 3.44. The van der Waals surface area contributed by atoms with E-state index in [9.17, 15) is 14.7 Å². The molecule has 1 aliphatic heterocycles. The van der Waals surface area contributed by atoms with Crippen LogP contribution >= 0.6 is 12.4 Å². The summed E-state index contributed by atoms with van der Waals surface area (Å²) in [6.45, 7) is 0.345. The van der Waals surface area contributed by atoms with Crippen LogP contribution in [0.4, 0.5) is 5.82 Å². The number of morpholine rings is 1. The second-order valence-electron chi connectivity index (χ2n) is 4.89. The molecule has 24 heavy (non-hydrogen) atoms. The van der Waals surface area contributed by atoms with Gasteiger partial charge in [0, 0.05) is 24.7 Å². The van der Waals surface area contributed by atoms with Gasteiger partial charge < -0.3 is 14.9 Å². The highest BCUT2D eigenvalue weighted by molar-refractivity contribution is 5.99. The summed E-state index contributed by atoms with van der Waals surface area (Å²) in [4.78, 5) is 28.4. The van der Waals surface area contributed by atoms with Crippen LogP contribution in [-0.4, -0.2) is 62.2 Å². The Morgan fingerprint density at radius 2 is 2.04 bits per heavy atom. The van der Waals surface area contributed by atoms with E-state index in [0.717, 1.165) is 5.69 Å². The van der Waals surface area contributed by atoms with E-state index in [0.29, 0.717) is 5.82 Å². The van der Waals surface area contributed by atoms with Crippen molar-refractivity contribution in [2.24, 2.45) is 0 Å². The molecule has 0 bridgehead atoms. The molecule has 2 aromatic rings. The van der Waals surface area contributed by atoms with E-state index >= 15 is 0 Å². The monoisotopic (exact) mass is 354 g/mol. The highest BCUT2D eigenvalue weighted by Gasteiger charge is 2.39. The van der Waals surface area contributed by atoms with Crippen molar-refractivity contribution in [1.82, 2.24) is 14.8 Å². The quantitative estimate of drug-likeness (QED) is 0.785. The van der Waals surface area contributed by atoms with Gasteiger partial charge in [-0.25, -0.2) is 9.48 Å². The van der Waals surface area contributed by atoms with E-state index in [4.69, 9.17) is 9.84 Å². The second-order valence-corrected chi connectivity index (χ2v) is 4.89. The van der Waals surface area contributed by atoms with E-state index in [1.54, 1.807) is 41.5 Å². The number of hydrogen-bond acceptors (Lipinski definition) is 6. The van der Waals surface area contributed by atoms with Gasteiger partial charge in [-0.1, -0.05) is 0 Å². The van der Waals surface area contributed by atoms with Gasteiger partial charge in [0.25, 0.3) is 5.91 Å². The third kappa shape index (κ3) is 3.37. The molecule has 0 aromatic carbocycles. The van der Waals surface area contributed by atoms with Gasteiger partial charge in [-0.2, -0.15) is 0 Å². The lowest BCUT2D eigenvalue weighted by Gasteiger charge is -2.31. The number of carbonyl (C=O) groups is 2. The standard InChI is InChI=1S/C14H14N4O5.ClH/c19-11(14(21)22)12-13(20)17(7-8-23-12)10-3-6-18(16-10)9-1-4-15-5-2-9;/h1-6,11-12,19H,7-8H2,(H,21,22);1H/t11-,12?;/m1./s1. The molecular formula is C14H15ClN4O5. The Balaban J connectivity index is 0.00000208. The number of nitrogens with zero attached hydrogens (tertiary/aromatic N) is 4. The maximum Gasteiger partial charge on any atom is 0.335 e. The summed E-state index contributed by atoms with van der Waals surface area (Å²) in [5.41, 5.74) is 0.772. The highest BCUT2D eigenvalue weighted by Crippen LogP contribution is 2.19. The Morgan fingerprint density at radius 1 is 1.33 bits per heavy atom. The molecule has 10 heteroatoms. The predicted octanol–water partition coefficient (Wildman–Crippen LogP) is -0.134. The number of aromatic nitrogens is 3. The number of ether oxygens (including phenoxy) is 1. The van der Waals surface area contributed by atoms with Gasteiger partial charge >= 0.3 is 5.97 Å². The molecule has 2 aromatic heterocycles. The molecule has 1 amide bonds. The number of carboxylic acids is 1. The van der Waals surface area contributed by atoms with E-state index in [-0.39, 0.29) is 25.6 Å². The normalized spacial score (nSPS) is 18.8. The minimum Gasteiger partial charge on any atom is -0.479 e. The third-order valence-electron chi connectivity index (χ3n) is 3.44. The van der Waals surface area contributed by atoms with E-state index in [1.807, 2.05) is 0 Å². The largest absolute Gasteiger partial charge is 0.479 e. The topological polar surface area (TPSA) is 118 Å². The van der Waals surface area contributed by atoms with Gasteiger partial charge in [-0.15, -0.1) is 17.5 Å². The molecule has 0 radical (unpaired) electrons. The summed E-state index contributed by atoms with van der Waals surface area (Å²) in [5, 5.41) is 22.7. The summed E-state index contributed by atoms with van der Waals surface area (Å²) in [7, 11) is 0. The van der Waals surface area contributed by atoms with Gasteiger partial charge in [0.1, 0.15) is 0 Å². The minimum absolute atomic E-state index is 0. The SMILES string of the molecule is Cl.O=C(O)[C@H](O)C1OCCN(c2ccn(-c3ccncc3)n2)C1=O. The van der Waals surface area contributed by atoms with Crippen molar-refractivity contribution in [1.29, 1.82) is 0 Å². The number of carbonyl (C=O) groups excluding carboxylic acids is 1. The van der Waals surface area contributed by atoms with Crippen LogP contribution in [0.5, 0.6) is 0 Å². The summed E-state index contributed by atoms with van der Waals surface area (Å²) in [6.07, 6.45) is 1.57. The number of anilines is 1. The first kappa shape index (κ1) is 17.9. The summed E-state index contributed by atoms with van der Waals surface area (Å²) in [5.74, 6) is -1.78. The first-order valence-corrected chi connectivity index (χ1v) is 6.88. The zero-order chi connectivity index (χ0) is 16.4. The lowest BCUT2D eigenvalue weighted by Crippen LogP contribution is -2.54. The molecule has 1 aliphatic rings. The van der Waals surface area contributed by atoms with Crippen LogP contribution in [-0.2, 0) is 14.3 Å². The molecular weight excluding hydrogens is 340 g/mol. The zero-order valence-electron chi connectivity index (χ0n) is 12.3. The van der Waals surface area contributed by atoms with Crippen LogP contribution in [0, 0.1) is 0 Å². The van der Waals surface area contributed by atoms with Crippen molar-refractivity contribution in [2.45, 2.75) is 12.2 Å². The Hall–Kier alpha value is -2.49. The van der Waals surface area contributed by atoms with Crippen molar-refractivity contribution in [3.8, 4) is 5.69 Å². The molecule has 0 aliphatic carbocycles. The Labute approximate surface area is 142 Å². The Bertz CT molecular complexity index is 723. The van der Waals surface area contributed by atoms with Crippen molar-refractivity contribution in [3.63, 3.8) is 0 Å². The summed E-state index contributed by atoms with van der Waals surface area (Å²) < 4.78 is 6.66. The molecule has 3 heterocycles. The number of amides is 1. The number of aliphatic carboxylic acids is 1. The summed E-state index contributed by atoms with van der Waals surface area (Å²) >= 11 is 0. The van der Waals surface area contributed by atoms with Gasteiger partial charge in [-0.05, 0) is 12.1 Å². The molecule has 1 unspecified atom stereocenters. The molecule has 1 saturated heterocycles. The van der Waals surface area contributed by atoms with Crippen LogP contribution in [0.3, 0.4) is 0 Å². The maximum absolute atomic E-state index is 12.3. The van der Waals surface area contributed by atoms with Crippen LogP contribution in [0.2, 0.25) is 0 Å². The highest BCUT2D eigenvalue weighted by atomic mass is 35.5. The first-order valence-electron chi connectivity index (χ1n) is 6.88. The van der Waals surface area contributed by atoms with Crippen LogP contribution in [0.1, 0.15) is 0 Å². The first-order chi connectivity index (χ1) is 11.1. The number of aliphatic hydroxyl groups excluding tert-OH is 1. The smallest absolute Gasteiger partial charge is 0.335 e. The van der Waals surface area contributed by atoms with Crippen LogP contribution < -0.4 is 4.90 Å². The van der Waals surface area contributed by atoms with Crippen LogP contribution in [0.25, 0.3) is 5.69 Å². The number of hydrogen-bond donors (Lipinski definition) is 2. The number of carboxylic acid groups (broad SMARTS) is 1. The van der Waals surface area contributed by atoms with Crippen LogP contribution in [0.15, 0.2) is 36.8 Å². The fourth-order valence-corrected chi connectivity index (χ4v) is 2.29. The maximum atomic E-state index is 12.3. The fraction of sp³-hybridized carbons (Fsp3) is 0.286.